The lowest BCUT2D eigenvalue weighted by atomic mass is 9.96. The van der Waals surface area contributed by atoms with Gasteiger partial charge in [0.2, 0.25) is 0 Å². The van der Waals surface area contributed by atoms with Crippen LogP contribution in [0.15, 0.2) is 48.7 Å². The van der Waals surface area contributed by atoms with Gasteiger partial charge in [-0.15, -0.1) is 0 Å². The predicted molar refractivity (Wildman–Crippen MR) is 143 cm³/mol. The highest BCUT2D eigenvalue weighted by Gasteiger charge is 2.40. The van der Waals surface area contributed by atoms with Crippen LogP contribution < -0.4 is 4.74 Å². The standard InChI is InChI=1S/C22H26N4O.C6H8O7/c1-26(15-21-19-10-3-4-11-20(19)24-25-21)14-17-8-2-5-12-22(17)27-16-18-9-6-7-13-23-18;7-3(8)1-6(13,5(11)12)2-4(9)10/h2,5-9,12-13H,3-4,10-11,14-16H2,1H3,(H,24,25);13H,1-2H2,(H,7,8)(H,9,10)(H,11,12). The number of aryl methyl sites for hydroxylation is 1. The van der Waals surface area contributed by atoms with Crippen LogP contribution in [0.1, 0.15) is 53.9 Å². The molecule has 0 spiro atoms. The van der Waals surface area contributed by atoms with E-state index in [0.29, 0.717) is 6.61 Å². The molecule has 0 saturated heterocycles. The minimum Gasteiger partial charge on any atom is -0.487 e. The maximum Gasteiger partial charge on any atom is 0.336 e. The number of carboxylic acids is 3. The van der Waals surface area contributed by atoms with Gasteiger partial charge < -0.3 is 25.2 Å². The van der Waals surface area contributed by atoms with Crippen molar-refractivity contribution in [3.8, 4) is 5.75 Å². The Morgan fingerprint density at radius 3 is 2.30 bits per heavy atom. The van der Waals surface area contributed by atoms with Crippen LogP contribution in [0, 0.1) is 0 Å². The van der Waals surface area contributed by atoms with Crippen molar-refractivity contribution in [3.63, 3.8) is 0 Å². The van der Waals surface area contributed by atoms with Gasteiger partial charge in [-0.3, -0.25) is 24.6 Å². The average molecular weight is 555 g/mol. The molecular weight excluding hydrogens is 520 g/mol. The van der Waals surface area contributed by atoms with E-state index in [4.69, 9.17) is 25.2 Å². The third-order valence-electron chi connectivity index (χ3n) is 6.36. The molecule has 0 radical (unpaired) electrons. The van der Waals surface area contributed by atoms with E-state index in [1.807, 2.05) is 30.3 Å². The fourth-order valence-corrected chi connectivity index (χ4v) is 4.41. The van der Waals surface area contributed by atoms with Gasteiger partial charge in [0.15, 0.2) is 5.60 Å². The van der Waals surface area contributed by atoms with Crippen molar-refractivity contribution >= 4 is 17.9 Å². The third kappa shape index (κ3) is 8.89. The van der Waals surface area contributed by atoms with Crippen LogP contribution in [-0.4, -0.2) is 71.1 Å². The molecule has 2 aromatic heterocycles. The number of ether oxygens (including phenoxy) is 1. The number of H-pyrrole nitrogens is 1. The Hall–Kier alpha value is -4.29. The van der Waals surface area contributed by atoms with Gasteiger partial charge in [0.1, 0.15) is 12.4 Å². The summed E-state index contributed by atoms with van der Waals surface area (Å²) < 4.78 is 6.04. The number of carboxylic acid groups (broad SMARTS) is 3. The topological polar surface area (TPSA) is 186 Å². The molecule has 3 aromatic rings. The number of aliphatic hydroxyl groups is 1. The molecule has 40 heavy (non-hydrogen) atoms. The third-order valence-corrected chi connectivity index (χ3v) is 6.36. The van der Waals surface area contributed by atoms with E-state index in [0.717, 1.165) is 37.4 Å². The summed E-state index contributed by atoms with van der Waals surface area (Å²) >= 11 is 0. The van der Waals surface area contributed by atoms with Gasteiger partial charge in [-0.1, -0.05) is 24.3 Å². The first-order valence-corrected chi connectivity index (χ1v) is 12.8. The Kier molecular flexibility index (Phi) is 10.7. The number of nitrogens with zero attached hydrogens (tertiary/aromatic N) is 3. The minimum atomic E-state index is -2.74. The summed E-state index contributed by atoms with van der Waals surface area (Å²) in [6.07, 6.45) is 4.33. The van der Waals surface area contributed by atoms with Crippen LogP contribution in [-0.2, 0) is 46.9 Å². The van der Waals surface area contributed by atoms with Crippen LogP contribution in [0.3, 0.4) is 0 Å². The number of aliphatic carboxylic acids is 3. The second-order valence-electron chi connectivity index (χ2n) is 9.70. The number of pyridine rings is 1. The van der Waals surface area contributed by atoms with E-state index < -0.39 is 36.4 Å². The van der Waals surface area contributed by atoms with Gasteiger partial charge in [-0.25, -0.2) is 4.79 Å². The maximum atomic E-state index is 10.3. The molecule has 4 rings (SSSR count). The normalized spacial score (nSPS) is 12.7. The van der Waals surface area contributed by atoms with Crippen molar-refractivity contribution in [2.45, 2.75) is 63.8 Å². The number of hydrogen-bond donors (Lipinski definition) is 5. The molecule has 1 aromatic carbocycles. The fraction of sp³-hybridized carbons (Fsp3) is 0.393. The first-order chi connectivity index (χ1) is 19.1. The summed E-state index contributed by atoms with van der Waals surface area (Å²) in [7, 11) is 2.14. The van der Waals surface area contributed by atoms with Gasteiger partial charge in [0.25, 0.3) is 0 Å². The number of nitrogens with one attached hydrogen (secondary N) is 1. The number of para-hydroxylation sites is 1. The Balaban J connectivity index is 0.000000289. The van der Waals surface area contributed by atoms with E-state index in [9.17, 15) is 14.4 Å². The van der Waals surface area contributed by atoms with Crippen molar-refractivity contribution in [3.05, 3.63) is 76.9 Å². The lowest BCUT2D eigenvalue weighted by Gasteiger charge is -2.19. The molecule has 5 N–H and O–H groups in total. The van der Waals surface area contributed by atoms with Crippen molar-refractivity contribution in [2.24, 2.45) is 0 Å². The maximum absolute atomic E-state index is 10.3. The molecule has 2 heterocycles. The highest BCUT2D eigenvalue weighted by Crippen LogP contribution is 2.25. The van der Waals surface area contributed by atoms with Crippen molar-refractivity contribution in [1.29, 1.82) is 0 Å². The van der Waals surface area contributed by atoms with Crippen LogP contribution >= 0.6 is 0 Å². The molecule has 0 atom stereocenters. The molecule has 1 aliphatic rings. The Bertz CT molecular complexity index is 1280. The van der Waals surface area contributed by atoms with Gasteiger partial charge >= 0.3 is 17.9 Å². The largest absolute Gasteiger partial charge is 0.487 e. The SMILES string of the molecule is CN(Cc1ccccc1OCc1ccccn1)Cc1n[nH]c2c1CCCC2.O=C(O)CC(O)(CC(=O)O)C(=O)O. The first kappa shape index (κ1) is 30.3. The van der Waals surface area contributed by atoms with Gasteiger partial charge in [-0.05, 0) is 56.5 Å². The molecular formula is C28H34N4O8. The highest BCUT2D eigenvalue weighted by molar-refractivity contribution is 5.88. The molecule has 0 fully saturated rings. The van der Waals surface area contributed by atoms with E-state index in [1.54, 1.807) is 6.20 Å². The zero-order valence-corrected chi connectivity index (χ0v) is 22.2. The average Bonchev–Trinajstić information content (AvgIpc) is 3.31. The zero-order valence-electron chi connectivity index (χ0n) is 22.2. The number of benzene rings is 1. The summed E-state index contributed by atoms with van der Waals surface area (Å²) in [5, 5.41) is 41.6. The summed E-state index contributed by atoms with van der Waals surface area (Å²) in [6.45, 7) is 2.15. The second-order valence-corrected chi connectivity index (χ2v) is 9.70. The molecule has 12 nitrogen and oxygen atoms in total. The van der Waals surface area contributed by atoms with E-state index in [2.05, 4.69) is 39.3 Å². The molecule has 1 aliphatic carbocycles. The van der Waals surface area contributed by atoms with Crippen LogP contribution in [0.4, 0.5) is 0 Å². The van der Waals surface area contributed by atoms with Crippen LogP contribution in [0.2, 0.25) is 0 Å². The molecule has 0 bridgehead atoms. The highest BCUT2D eigenvalue weighted by atomic mass is 16.5. The Morgan fingerprint density at radius 1 is 0.975 bits per heavy atom. The quantitative estimate of drug-likeness (QED) is 0.221. The Labute approximate surface area is 231 Å². The lowest BCUT2D eigenvalue weighted by Crippen LogP contribution is -2.42. The molecule has 0 amide bonds. The van der Waals surface area contributed by atoms with Crippen molar-refractivity contribution < 1.29 is 39.5 Å². The number of aromatic amines is 1. The number of aromatic nitrogens is 3. The molecule has 0 unspecified atom stereocenters. The first-order valence-electron chi connectivity index (χ1n) is 12.8. The van der Waals surface area contributed by atoms with Crippen LogP contribution in [0.25, 0.3) is 0 Å². The number of fused-ring (bicyclic) bond motifs is 1. The van der Waals surface area contributed by atoms with E-state index in [-0.39, 0.29) is 0 Å². The fourth-order valence-electron chi connectivity index (χ4n) is 4.41. The minimum absolute atomic E-state index is 0.481. The predicted octanol–water partition coefficient (Wildman–Crippen LogP) is 2.65. The number of rotatable bonds is 12. The summed E-state index contributed by atoms with van der Waals surface area (Å²) in [5.74, 6) is -4.10. The summed E-state index contributed by atoms with van der Waals surface area (Å²) in [5.41, 5.74) is 3.34. The monoisotopic (exact) mass is 554 g/mol. The zero-order chi connectivity index (χ0) is 29.1. The van der Waals surface area contributed by atoms with E-state index in [1.165, 1.54) is 35.4 Å². The number of hydrogen-bond acceptors (Lipinski definition) is 8. The molecule has 214 valence electrons. The van der Waals surface area contributed by atoms with Crippen molar-refractivity contribution in [2.75, 3.05) is 7.05 Å². The van der Waals surface area contributed by atoms with Gasteiger partial charge in [0.05, 0.1) is 24.2 Å². The number of carbonyl (C=O) groups is 3. The van der Waals surface area contributed by atoms with E-state index >= 15 is 0 Å². The van der Waals surface area contributed by atoms with Gasteiger partial charge in [-0.2, -0.15) is 5.10 Å². The van der Waals surface area contributed by atoms with Crippen LogP contribution in [0.5, 0.6) is 5.75 Å². The van der Waals surface area contributed by atoms with Gasteiger partial charge in [0, 0.05) is 30.5 Å². The smallest absolute Gasteiger partial charge is 0.336 e. The molecule has 12 heteroatoms. The molecule has 0 aliphatic heterocycles. The second kappa shape index (κ2) is 14.2. The molecule has 0 saturated carbocycles. The summed E-state index contributed by atoms with van der Waals surface area (Å²) in [4.78, 5) is 37.1. The Morgan fingerprint density at radius 2 is 1.65 bits per heavy atom. The van der Waals surface area contributed by atoms with Crippen molar-refractivity contribution in [1.82, 2.24) is 20.1 Å². The summed E-state index contributed by atoms with van der Waals surface area (Å²) in [6, 6.07) is 14.1. The lowest BCUT2D eigenvalue weighted by molar-refractivity contribution is -0.170.